The van der Waals surface area contributed by atoms with E-state index in [2.05, 4.69) is 15.6 Å². The van der Waals surface area contributed by atoms with Gasteiger partial charge in [0.25, 0.3) is 0 Å². The van der Waals surface area contributed by atoms with Crippen LogP contribution in [0.1, 0.15) is 26.7 Å². The van der Waals surface area contributed by atoms with E-state index >= 15 is 0 Å². The second-order valence-electron chi connectivity index (χ2n) is 6.14. The Labute approximate surface area is 188 Å². The molecule has 9 heteroatoms. The molecule has 0 aromatic heterocycles. The van der Waals surface area contributed by atoms with Crippen LogP contribution in [-0.4, -0.2) is 61.5 Å². The molecule has 1 aromatic rings. The van der Waals surface area contributed by atoms with Crippen LogP contribution in [-0.2, 0) is 4.74 Å². The van der Waals surface area contributed by atoms with Crippen molar-refractivity contribution in [3.63, 3.8) is 0 Å². The molecule has 0 bridgehead atoms. The molecule has 6 nitrogen and oxygen atoms in total. The second kappa shape index (κ2) is 13.9. The Morgan fingerprint density at radius 1 is 1.32 bits per heavy atom. The van der Waals surface area contributed by atoms with Gasteiger partial charge in [-0.2, -0.15) is 0 Å². The van der Waals surface area contributed by atoms with Crippen LogP contribution >= 0.6 is 35.7 Å². The first-order chi connectivity index (χ1) is 13.1. The molecule has 1 aliphatic rings. The fourth-order valence-corrected chi connectivity index (χ4v) is 3.59. The van der Waals surface area contributed by atoms with Crippen LogP contribution in [0.2, 0.25) is 0 Å². The number of likely N-dealkylation sites (tertiary alicyclic amines) is 1. The number of aliphatic imine (C=N–C) groups is 1. The van der Waals surface area contributed by atoms with Gasteiger partial charge in [0.1, 0.15) is 5.82 Å². The number of carbonyl (C=O) groups excluding carboxylic acids is 1. The van der Waals surface area contributed by atoms with Crippen molar-refractivity contribution in [1.82, 2.24) is 15.5 Å². The lowest BCUT2D eigenvalue weighted by atomic mass is 10.1. The highest BCUT2D eigenvalue weighted by molar-refractivity contribution is 14.0. The maximum absolute atomic E-state index is 13.6. The molecule has 1 saturated heterocycles. The summed E-state index contributed by atoms with van der Waals surface area (Å²) in [5, 5.41) is 6.68. The predicted octanol–water partition coefficient (Wildman–Crippen LogP) is 3.71. The van der Waals surface area contributed by atoms with Crippen LogP contribution in [0.3, 0.4) is 0 Å². The van der Waals surface area contributed by atoms with Crippen molar-refractivity contribution in [3.05, 3.63) is 30.1 Å². The third kappa shape index (κ3) is 8.42. The van der Waals surface area contributed by atoms with Gasteiger partial charge < -0.3 is 20.3 Å². The number of rotatable bonds is 7. The number of ether oxygens (including phenoxy) is 1. The van der Waals surface area contributed by atoms with Gasteiger partial charge in [0, 0.05) is 36.3 Å². The van der Waals surface area contributed by atoms with Gasteiger partial charge in [0.15, 0.2) is 5.96 Å². The summed E-state index contributed by atoms with van der Waals surface area (Å²) in [5.41, 5.74) is 0. The van der Waals surface area contributed by atoms with Gasteiger partial charge in [-0.15, -0.1) is 35.7 Å². The van der Waals surface area contributed by atoms with Gasteiger partial charge in [0.2, 0.25) is 0 Å². The monoisotopic (exact) mass is 524 g/mol. The van der Waals surface area contributed by atoms with Gasteiger partial charge in [0.05, 0.1) is 13.2 Å². The van der Waals surface area contributed by atoms with Gasteiger partial charge in [-0.25, -0.2) is 9.18 Å². The minimum absolute atomic E-state index is 0. The van der Waals surface area contributed by atoms with Crippen LogP contribution in [0.5, 0.6) is 0 Å². The largest absolute Gasteiger partial charge is 0.450 e. The van der Waals surface area contributed by atoms with E-state index in [9.17, 15) is 9.18 Å². The average Bonchev–Trinajstić information content (AvgIpc) is 2.67. The molecule has 28 heavy (non-hydrogen) atoms. The number of halogens is 2. The Bertz CT molecular complexity index is 628. The molecule has 1 aromatic carbocycles. The fourth-order valence-electron chi connectivity index (χ4n) is 2.81. The molecule has 0 unspecified atom stereocenters. The van der Waals surface area contributed by atoms with Crippen LogP contribution < -0.4 is 10.6 Å². The van der Waals surface area contributed by atoms with E-state index in [4.69, 9.17) is 4.74 Å². The first-order valence-corrected chi connectivity index (χ1v) is 10.5. The third-order valence-electron chi connectivity index (χ3n) is 4.16. The van der Waals surface area contributed by atoms with Crippen LogP contribution in [0.4, 0.5) is 9.18 Å². The molecule has 1 fully saturated rings. The van der Waals surface area contributed by atoms with Gasteiger partial charge in [-0.05, 0) is 38.8 Å². The molecule has 158 valence electrons. The maximum Gasteiger partial charge on any atom is 0.409 e. The normalized spacial score (nSPS) is 15.0. The van der Waals surface area contributed by atoms with E-state index < -0.39 is 0 Å². The predicted molar refractivity (Wildman–Crippen MR) is 123 cm³/mol. The molecule has 0 atom stereocenters. The molecule has 0 radical (unpaired) electrons. The summed E-state index contributed by atoms with van der Waals surface area (Å²) in [5.74, 6) is 1.28. The quantitative estimate of drug-likeness (QED) is 0.187. The summed E-state index contributed by atoms with van der Waals surface area (Å²) in [4.78, 5) is 18.7. The zero-order valence-corrected chi connectivity index (χ0v) is 19.6. The average molecular weight is 524 g/mol. The molecule has 1 amide bonds. The molecule has 0 aliphatic carbocycles. The lowest BCUT2D eigenvalue weighted by Gasteiger charge is -2.32. The number of amides is 1. The molecule has 1 aliphatic heterocycles. The van der Waals surface area contributed by atoms with E-state index in [1.165, 1.54) is 17.8 Å². The van der Waals surface area contributed by atoms with E-state index in [1.807, 2.05) is 19.9 Å². The Hall–Kier alpha value is -1.23. The SMILES string of the molecule is CCNC(=NCCSc1ccccc1F)NC1CCN(C(=O)OCC)CC1.I. The highest BCUT2D eigenvalue weighted by Crippen LogP contribution is 2.20. The molecule has 0 saturated carbocycles. The van der Waals surface area contributed by atoms with Crippen molar-refractivity contribution in [2.75, 3.05) is 38.5 Å². The summed E-state index contributed by atoms with van der Waals surface area (Å²) in [6, 6.07) is 7.05. The van der Waals surface area contributed by atoms with Crippen LogP contribution in [0.25, 0.3) is 0 Å². The van der Waals surface area contributed by atoms with E-state index in [0.717, 1.165) is 25.3 Å². The summed E-state index contributed by atoms with van der Waals surface area (Å²) in [6.07, 6.45) is 1.47. The highest BCUT2D eigenvalue weighted by Gasteiger charge is 2.23. The Morgan fingerprint density at radius 2 is 2.04 bits per heavy atom. The number of hydrogen-bond acceptors (Lipinski definition) is 4. The Kier molecular flexibility index (Phi) is 12.3. The van der Waals surface area contributed by atoms with E-state index in [0.29, 0.717) is 36.9 Å². The maximum atomic E-state index is 13.6. The summed E-state index contributed by atoms with van der Waals surface area (Å²) >= 11 is 1.47. The number of hydrogen-bond donors (Lipinski definition) is 2. The van der Waals surface area contributed by atoms with Crippen molar-refractivity contribution >= 4 is 47.8 Å². The molecular formula is C19H30FIN4O2S. The Morgan fingerprint density at radius 3 is 2.68 bits per heavy atom. The van der Waals surface area contributed by atoms with Gasteiger partial charge in [-0.1, -0.05) is 12.1 Å². The second-order valence-corrected chi connectivity index (χ2v) is 7.28. The number of carbonyl (C=O) groups is 1. The summed E-state index contributed by atoms with van der Waals surface area (Å²) in [7, 11) is 0. The van der Waals surface area contributed by atoms with Crippen LogP contribution in [0.15, 0.2) is 34.2 Å². The zero-order chi connectivity index (χ0) is 19.5. The first-order valence-electron chi connectivity index (χ1n) is 9.47. The van der Waals surface area contributed by atoms with Crippen molar-refractivity contribution in [1.29, 1.82) is 0 Å². The van der Waals surface area contributed by atoms with Crippen molar-refractivity contribution in [2.45, 2.75) is 37.6 Å². The number of nitrogens with zero attached hydrogens (tertiary/aromatic N) is 2. The Balaban J connectivity index is 0.00000392. The van der Waals surface area contributed by atoms with Gasteiger partial charge >= 0.3 is 6.09 Å². The van der Waals surface area contributed by atoms with Crippen molar-refractivity contribution < 1.29 is 13.9 Å². The topological polar surface area (TPSA) is 66.0 Å². The number of benzene rings is 1. The minimum atomic E-state index is -0.235. The minimum Gasteiger partial charge on any atom is -0.450 e. The smallest absolute Gasteiger partial charge is 0.409 e. The summed E-state index contributed by atoms with van der Waals surface area (Å²) in [6.45, 7) is 6.96. The number of nitrogens with one attached hydrogen (secondary N) is 2. The highest BCUT2D eigenvalue weighted by atomic mass is 127. The number of piperidine rings is 1. The summed E-state index contributed by atoms with van der Waals surface area (Å²) < 4.78 is 18.7. The molecule has 2 rings (SSSR count). The van der Waals surface area contributed by atoms with Gasteiger partial charge in [-0.3, -0.25) is 4.99 Å². The van der Waals surface area contributed by atoms with E-state index in [-0.39, 0.29) is 41.9 Å². The molecule has 1 heterocycles. The standard InChI is InChI=1S/C19H29FN4O2S.HI/c1-3-21-18(22-11-14-27-17-8-6-5-7-16(17)20)23-15-9-12-24(13-10-15)19(25)26-4-2;/h5-8,15H,3-4,9-14H2,1-2H3,(H2,21,22,23);1H. The van der Waals surface area contributed by atoms with E-state index in [1.54, 1.807) is 17.0 Å². The number of guanidine groups is 1. The molecule has 0 spiro atoms. The lowest BCUT2D eigenvalue weighted by Crippen LogP contribution is -2.50. The molecular weight excluding hydrogens is 494 g/mol. The fraction of sp³-hybridized carbons (Fsp3) is 0.579. The first kappa shape index (κ1) is 24.8. The lowest BCUT2D eigenvalue weighted by molar-refractivity contribution is 0.0963. The third-order valence-corrected chi connectivity index (χ3v) is 5.19. The zero-order valence-electron chi connectivity index (χ0n) is 16.4. The van der Waals surface area contributed by atoms with Crippen molar-refractivity contribution in [3.8, 4) is 0 Å². The number of thioether (sulfide) groups is 1. The molecule has 2 N–H and O–H groups in total. The van der Waals surface area contributed by atoms with Crippen LogP contribution in [0, 0.1) is 5.82 Å². The van der Waals surface area contributed by atoms with Crippen molar-refractivity contribution in [2.24, 2.45) is 4.99 Å².